The number of aromatic nitrogens is 1. The number of anilines is 1. The van der Waals surface area contributed by atoms with Gasteiger partial charge in [-0.2, -0.15) is 13.2 Å². The topological polar surface area (TPSA) is 88.2 Å². The van der Waals surface area contributed by atoms with Gasteiger partial charge in [-0.25, -0.2) is 17.8 Å². The summed E-state index contributed by atoms with van der Waals surface area (Å²) < 4.78 is 77.4. The minimum atomic E-state index is -4.57. The molecule has 1 amide bonds. The largest absolute Gasteiger partial charge is 0.433 e. The van der Waals surface area contributed by atoms with Crippen LogP contribution in [0, 0.1) is 5.82 Å². The molecule has 0 spiro atoms. The fraction of sp³-hybridized carbons (Fsp3) is 0.333. The van der Waals surface area contributed by atoms with Crippen LogP contribution in [-0.4, -0.2) is 25.6 Å². The summed E-state index contributed by atoms with van der Waals surface area (Å²) in [6.45, 7) is 4.99. The summed E-state index contributed by atoms with van der Waals surface area (Å²) in [5.74, 6) is -1.66. The quantitative estimate of drug-likeness (QED) is 0.454. The van der Waals surface area contributed by atoms with Crippen molar-refractivity contribution >= 4 is 27.7 Å². The molecule has 1 aromatic heterocycles. The number of alkyl halides is 3. The van der Waals surface area contributed by atoms with Gasteiger partial charge in [0.25, 0.3) is 0 Å². The number of nitrogens with zero attached hydrogens (tertiary/aromatic N) is 1. The van der Waals surface area contributed by atoms with E-state index in [0.717, 1.165) is 24.5 Å². The van der Waals surface area contributed by atoms with Crippen LogP contribution in [0.15, 0.2) is 36.4 Å². The molecule has 2 aromatic rings. The number of hydrogen-bond acceptors (Lipinski definition) is 4. The van der Waals surface area contributed by atoms with Gasteiger partial charge in [-0.05, 0) is 48.2 Å². The number of rotatable bonds is 7. The molecule has 1 atom stereocenters. The smallest absolute Gasteiger partial charge is 0.346 e. The highest BCUT2D eigenvalue weighted by molar-refractivity contribution is 7.92. The van der Waals surface area contributed by atoms with Gasteiger partial charge in [-0.1, -0.05) is 26.0 Å². The Labute approximate surface area is 183 Å². The van der Waals surface area contributed by atoms with E-state index in [1.165, 1.54) is 24.3 Å². The fourth-order valence-electron chi connectivity index (χ4n) is 2.84. The van der Waals surface area contributed by atoms with Crippen LogP contribution >= 0.6 is 0 Å². The highest BCUT2D eigenvalue weighted by Crippen LogP contribution is 2.30. The Kier molecular flexibility index (Phi) is 7.66. The first kappa shape index (κ1) is 25.3. The molecule has 0 fully saturated rings. The Bertz CT molecular complexity index is 1130. The number of nitrogens with one attached hydrogen (secondary N) is 2. The number of hydrogen-bond donors (Lipinski definition) is 2. The Morgan fingerprint density at radius 2 is 1.78 bits per heavy atom. The van der Waals surface area contributed by atoms with Crippen LogP contribution in [0.2, 0.25) is 0 Å². The van der Waals surface area contributed by atoms with E-state index < -0.39 is 39.7 Å². The molecule has 0 saturated carbocycles. The van der Waals surface area contributed by atoms with E-state index in [2.05, 4.69) is 10.3 Å². The molecular formula is C21H23F4N3O3S. The van der Waals surface area contributed by atoms with Gasteiger partial charge in [0.2, 0.25) is 15.9 Å². The molecule has 32 heavy (non-hydrogen) atoms. The maximum Gasteiger partial charge on any atom is 0.433 e. The molecule has 0 unspecified atom stereocenters. The van der Waals surface area contributed by atoms with Gasteiger partial charge in [0.15, 0.2) is 0 Å². The summed E-state index contributed by atoms with van der Waals surface area (Å²) in [5.41, 5.74) is -0.258. The van der Waals surface area contributed by atoms with E-state index >= 15 is 0 Å². The molecule has 2 N–H and O–H groups in total. The van der Waals surface area contributed by atoms with Crippen molar-refractivity contribution in [1.29, 1.82) is 0 Å². The molecule has 1 aromatic carbocycles. The molecule has 11 heteroatoms. The molecule has 6 nitrogen and oxygen atoms in total. The van der Waals surface area contributed by atoms with Crippen molar-refractivity contribution in [2.45, 2.75) is 38.9 Å². The molecule has 0 aliphatic heterocycles. The van der Waals surface area contributed by atoms with Crippen molar-refractivity contribution in [3.05, 3.63) is 64.7 Å². The van der Waals surface area contributed by atoms with Crippen LogP contribution in [-0.2, 0) is 21.0 Å². The second-order valence-corrected chi connectivity index (χ2v) is 9.25. The number of carbonyl (C=O) groups excluding carboxylic acids is 1. The van der Waals surface area contributed by atoms with Crippen molar-refractivity contribution in [2.75, 3.05) is 11.0 Å². The number of pyridine rings is 1. The normalized spacial score (nSPS) is 13.4. The zero-order valence-corrected chi connectivity index (χ0v) is 18.6. The summed E-state index contributed by atoms with van der Waals surface area (Å²) in [4.78, 5) is 15.9. The number of amides is 1. The number of sulfonamides is 1. The number of halogens is 4. The average Bonchev–Trinajstić information content (AvgIpc) is 2.65. The maximum absolute atomic E-state index is 14.1. The van der Waals surface area contributed by atoms with E-state index in [-0.39, 0.29) is 17.3 Å². The van der Waals surface area contributed by atoms with Crippen molar-refractivity contribution in [3.63, 3.8) is 0 Å². The van der Waals surface area contributed by atoms with E-state index in [1.807, 2.05) is 4.72 Å². The van der Waals surface area contributed by atoms with Crippen molar-refractivity contribution in [1.82, 2.24) is 10.3 Å². The molecule has 174 valence electrons. The third-order valence-electron chi connectivity index (χ3n) is 4.36. The highest BCUT2D eigenvalue weighted by Gasteiger charge is 2.33. The van der Waals surface area contributed by atoms with Crippen molar-refractivity contribution in [2.24, 2.45) is 0 Å². The molecular weight excluding hydrogens is 450 g/mol. The lowest BCUT2D eigenvalue weighted by Gasteiger charge is -2.15. The van der Waals surface area contributed by atoms with Gasteiger partial charge >= 0.3 is 6.18 Å². The number of benzene rings is 1. The van der Waals surface area contributed by atoms with Gasteiger partial charge in [-0.15, -0.1) is 0 Å². The zero-order chi connectivity index (χ0) is 24.3. The van der Waals surface area contributed by atoms with Gasteiger partial charge in [-0.3, -0.25) is 9.52 Å². The molecule has 2 rings (SSSR count). The van der Waals surface area contributed by atoms with Crippen LogP contribution in [0.1, 0.15) is 55.2 Å². The summed E-state index contributed by atoms with van der Waals surface area (Å²) in [6, 6.07) is 5.28. The van der Waals surface area contributed by atoms with Gasteiger partial charge in [0.1, 0.15) is 11.5 Å². The van der Waals surface area contributed by atoms with Crippen molar-refractivity contribution < 1.29 is 30.8 Å². The lowest BCUT2D eigenvalue weighted by Crippen LogP contribution is -2.24. The molecule has 0 radical (unpaired) electrons. The Morgan fingerprint density at radius 3 is 2.31 bits per heavy atom. The predicted molar refractivity (Wildman–Crippen MR) is 114 cm³/mol. The SMILES string of the molecule is CC(C)c1nc(C(F)(F)F)ccc1/C=C/C(=O)N[C@H](C)c1ccc(NS(C)(=O)=O)c(F)c1. The van der Waals surface area contributed by atoms with Gasteiger partial charge < -0.3 is 5.32 Å². The van der Waals surface area contributed by atoms with Crippen LogP contribution < -0.4 is 10.0 Å². The maximum atomic E-state index is 14.1. The Hall–Kier alpha value is -2.95. The van der Waals surface area contributed by atoms with E-state index in [9.17, 15) is 30.8 Å². The zero-order valence-electron chi connectivity index (χ0n) is 17.8. The first-order valence-electron chi connectivity index (χ1n) is 9.51. The summed E-state index contributed by atoms with van der Waals surface area (Å²) in [5, 5.41) is 2.61. The monoisotopic (exact) mass is 473 g/mol. The third-order valence-corrected chi connectivity index (χ3v) is 4.95. The van der Waals surface area contributed by atoms with Crippen LogP contribution in [0.5, 0.6) is 0 Å². The van der Waals surface area contributed by atoms with Crippen LogP contribution in [0.4, 0.5) is 23.2 Å². The standard InChI is InChI=1S/C21H23F4N3O3S/c1-12(2)20-14(6-9-18(27-20)21(23,24)25)7-10-19(29)26-13(3)15-5-8-17(16(22)11-15)28-32(4,30)31/h5-13,28H,1-4H3,(H,26,29)/b10-7+/t13-/m1/s1. The van der Waals surface area contributed by atoms with Crippen LogP contribution in [0.3, 0.4) is 0 Å². The fourth-order valence-corrected chi connectivity index (χ4v) is 3.41. The minimum absolute atomic E-state index is 0.202. The Balaban J connectivity index is 2.14. The first-order valence-corrected chi connectivity index (χ1v) is 11.4. The summed E-state index contributed by atoms with van der Waals surface area (Å²) >= 11 is 0. The molecule has 0 saturated heterocycles. The van der Waals surface area contributed by atoms with Gasteiger partial charge in [0.05, 0.1) is 23.7 Å². The predicted octanol–water partition coefficient (Wildman–Crippen LogP) is 4.63. The average molecular weight is 473 g/mol. The molecule has 0 bridgehead atoms. The van der Waals surface area contributed by atoms with E-state index in [0.29, 0.717) is 11.1 Å². The first-order chi connectivity index (χ1) is 14.7. The molecule has 0 aliphatic rings. The Morgan fingerprint density at radius 1 is 1.12 bits per heavy atom. The van der Waals surface area contributed by atoms with Gasteiger partial charge in [0, 0.05) is 6.08 Å². The highest BCUT2D eigenvalue weighted by atomic mass is 32.2. The van der Waals surface area contributed by atoms with Crippen molar-refractivity contribution in [3.8, 4) is 0 Å². The summed E-state index contributed by atoms with van der Waals surface area (Å²) in [6.07, 6.45) is -1.15. The second-order valence-electron chi connectivity index (χ2n) is 7.50. The van der Waals surface area contributed by atoms with E-state index in [4.69, 9.17) is 0 Å². The third kappa shape index (κ3) is 7.04. The lowest BCUT2D eigenvalue weighted by atomic mass is 10.0. The van der Waals surface area contributed by atoms with Crippen LogP contribution in [0.25, 0.3) is 6.08 Å². The number of carbonyl (C=O) groups is 1. The summed E-state index contributed by atoms with van der Waals surface area (Å²) in [7, 11) is -3.64. The molecule has 1 heterocycles. The van der Waals surface area contributed by atoms with E-state index in [1.54, 1.807) is 20.8 Å². The molecule has 0 aliphatic carbocycles. The minimum Gasteiger partial charge on any atom is -0.346 e. The second kappa shape index (κ2) is 9.68. The lowest BCUT2D eigenvalue weighted by molar-refractivity contribution is -0.141.